The Balaban J connectivity index is 2.24. The van der Waals surface area contributed by atoms with Crippen LogP contribution in [-0.4, -0.2) is 15.1 Å². The lowest BCUT2D eigenvalue weighted by Crippen LogP contribution is -1.80. The van der Waals surface area contributed by atoms with Gasteiger partial charge in [-0.15, -0.1) is 0 Å². The number of hydrogen-bond acceptors (Lipinski definition) is 5. The smallest absolute Gasteiger partial charge is 0.320 e. The summed E-state index contributed by atoms with van der Waals surface area (Å²) < 4.78 is 12.3. The van der Waals surface area contributed by atoms with Crippen LogP contribution in [0, 0.1) is 13.8 Å². The predicted octanol–water partition coefficient (Wildman–Crippen LogP) is 4.70. The maximum Gasteiger partial charge on any atom is 0.320 e. The third kappa shape index (κ3) is 4.45. The maximum atomic E-state index is 12.3. The fourth-order valence-electron chi connectivity index (χ4n) is 1.66. The Kier molecular flexibility index (Phi) is 4.94. The normalized spacial score (nSPS) is 11.6. The molecule has 0 radical (unpaired) electrons. The molecule has 3 N–H and O–H groups in total. The molecule has 0 aromatic heterocycles. The molecule has 0 spiro atoms. The van der Waals surface area contributed by atoms with Crippen molar-refractivity contribution in [1.82, 2.24) is 0 Å². The summed E-state index contributed by atoms with van der Waals surface area (Å²) in [7, 11) is 0. The first kappa shape index (κ1) is 16.3. The molecule has 0 saturated heterocycles. The molecule has 2 aromatic rings. The van der Waals surface area contributed by atoms with Crippen LogP contribution in [0.25, 0.3) is 0 Å². The van der Waals surface area contributed by atoms with Crippen LogP contribution in [0.15, 0.2) is 46.2 Å². The zero-order valence-electron chi connectivity index (χ0n) is 11.5. The average molecular weight is 342 g/mol. The van der Waals surface area contributed by atoms with Crippen molar-refractivity contribution < 1.29 is 19.7 Å². The summed E-state index contributed by atoms with van der Waals surface area (Å²) >= 11 is 1.42. The van der Waals surface area contributed by atoms with Crippen LogP contribution in [0.2, 0.25) is 0 Å². The van der Waals surface area contributed by atoms with Gasteiger partial charge >= 0.3 is 5.77 Å². The molecule has 2 aromatic carbocycles. The summed E-state index contributed by atoms with van der Waals surface area (Å²) in [6.45, 7) is 3.68. The molecule has 0 amide bonds. The molecule has 112 valence electrons. The lowest BCUT2D eigenvalue weighted by Gasteiger charge is -2.12. The van der Waals surface area contributed by atoms with Crippen molar-refractivity contribution in [3.8, 4) is 11.5 Å². The van der Waals surface area contributed by atoms with Crippen molar-refractivity contribution in [2.75, 3.05) is 0 Å². The molecular formula is C14H15O4PS2. The Labute approximate surface area is 131 Å². The van der Waals surface area contributed by atoms with Gasteiger partial charge in [0.1, 0.15) is 11.5 Å². The Morgan fingerprint density at radius 1 is 0.857 bits per heavy atom. The highest BCUT2D eigenvalue weighted by molar-refractivity contribution is 8.89. The van der Waals surface area contributed by atoms with Crippen molar-refractivity contribution in [1.29, 1.82) is 0 Å². The molecule has 0 saturated carbocycles. The Morgan fingerprint density at radius 3 is 1.62 bits per heavy atom. The minimum absolute atomic E-state index is 0.0334. The standard InChI is InChI=1S/C14H15O4PS2/c1-9-3-5-11(15)13(7-9)20-19(17,18)21-14-8-10(2)4-6-12(14)16/h3-8,15-16H,1-2H3,(H,17,18). The maximum absolute atomic E-state index is 12.3. The topological polar surface area (TPSA) is 77.8 Å². The number of phenols is 2. The number of phenolic OH excluding ortho intramolecular Hbond substituents is 2. The molecule has 0 atom stereocenters. The SMILES string of the molecule is Cc1ccc(O)c(SP(=O)(O)Sc2cc(C)ccc2O)c1. The van der Waals surface area contributed by atoms with Crippen LogP contribution < -0.4 is 0 Å². The number of hydrogen-bond donors (Lipinski definition) is 3. The van der Waals surface area contributed by atoms with Gasteiger partial charge in [0.05, 0.1) is 9.79 Å². The van der Waals surface area contributed by atoms with E-state index in [0.29, 0.717) is 32.6 Å². The van der Waals surface area contributed by atoms with Gasteiger partial charge in [-0.25, -0.2) is 0 Å². The average Bonchev–Trinajstić information content (AvgIpc) is 2.37. The van der Waals surface area contributed by atoms with Crippen molar-refractivity contribution in [2.24, 2.45) is 0 Å². The number of aromatic hydroxyl groups is 2. The molecule has 0 aliphatic carbocycles. The second-order valence-electron chi connectivity index (χ2n) is 4.59. The molecule has 4 nitrogen and oxygen atoms in total. The first-order valence-corrected chi connectivity index (χ1v) is 10.6. The van der Waals surface area contributed by atoms with E-state index in [-0.39, 0.29) is 11.5 Å². The van der Waals surface area contributed by atoms with Crippen molar-refractivity contribution in [2.45, 2.75) is 23.6 Å². The second kappa shape index (κ2) is 6.36. The van der Waals surface area contributed by atoms with E-state index in [0.717, 1.165) is 11.1 Å². The van der Waals surface area contributed by atoms with Crippen LogP contribution in [0.3, 0.4) is 0 Å². The van der Waals surface area contributed by atoms with Crippen molar-refractivity contribution >= 4 is 28.5 Å². The van der Waals surface area contributed by atoms with E-state index >= 15 is 0 Å². The summed E-state index contributed by atoms with van der Waals surface area (Å²) in [6.07, 6.45) is 0. The van der Waals surface area contributed by atoms with Gasteiger partial charge in [-0.2, -0.15) is 0 Å². The summed E-state index contributed by atoms with van der Waals surface area (Å²) in [5.41, 5.74) is 1.78. The van der Waals surface area contributed by atoms with E-state index in [2.05, 4.69) is 0 Å². The molecule has 0 aliphatic heterocycles. The van der Waals surface area contributed by atoms with E-state index in [4.69, 9.17) is 0 Å². The van der Waals surface area contributed by atoms with Crippen molar-refractivity contribution in [3.05, 3.63) is 47.5 Å². The molecule has 0 unspecified atom stereocenters. The summed E-state index contributed by atoms with van der Waals surface area (Å²) in [4.78, 5) is 10.8. The van der Waals surface area contributed by atoms with E-state index in [1.807, 2.05) is 13.8 Å². The Hall–Kier alpha value is -1.07. The monoisotopic (exact) mass is 342 g/mol. The predicted molar refractivity (Wildman–Crippen MR) is 87.2 cm³/mol. The van der Waals surface area contributed by atoms with Crippen LogP contribution in [0.5, 0.6) is 11.5 Å². The highest BCUT2D eigenvalue weighted by Crippen LogP contribution is 2.72. The molecular weight excluding hydrogens is 327 g/mol. The fourth-order valence-corrected chi connectivity index (χ4v) is 7.25. The fraction of sp³-hybridized carbons (Fsp3) is 0.143. The molecule has 0 bridgehead atoms. The molecule has 7 heteroatoms. The lowest BCUT2D eigenvalue weighted by molar-refractivity contribution is 0.462. The van der Waals surface area contributed by atoms with Gasteiger partial charge in [0, 0.05) is 0 Å². The van der Waals surface area contributed by atoms with Crippen LogP contribution in [0.1, 0.15) is 11.1 Å². The number of rotatable bonds is 4. The molecule has 21 heavy (non-hydrogen) atoms. The quantitative estimate of drug-likeness (QED) is 0.699. The van der Waals surface area contributed by atoms with Gasteiger partial charge in [0.25, 0.3) is 0 Å². The molecule has 0 fully saturated rings. The third-order valence-electron chi connectivity index (χ3n) is 2.66. The highest BCUT2D eigenvalue weighted by Gasteiger charge is 2.25. The molecule has 2 rings (SSSR count). The Bertz CT molecular complexity index is 661. The van der Waals surface area contributed by atoms with E-state index in [1.165, 1.54) is 12.1 Å². The zero-order valence-corrected chi connectivity index (χ0v) is 14.0. The van der Waals surface area contributed by atoms with Crippen molar-refractivity contribution in [3.63, 3.8) is 0 Å². The number of benzene rings is 2. The summed E-state index contributed by atoms with van der Waals surface area (Å²) in [6, 6.07) is 9.74. The summed E-state index contributed by atoms with van der Waals surface area (Å²) in [5.74, 6) is -3.78. The first-order valence-electron chi connectivity index (χ1n) is 6.08. The van der Waals surface area contributed by atoms with Gasteiger partial charge < -0.3 is 15.1 Å². The minimum atomic E-state index is -3.72. The van der Waals surface area contributed by atoms with E-state index in [9.17, 15) is 19.7 Å². The van der Waals surface area contributed by atoms with Gasteiger partial charge in [-0.3, -0.25) is 4.57 Å². The summed E-state index contributed by atoms with van der Waals surface area (Å²) in [5, 5.41) is 19.5. The van der Waals surface area contributed by atoms with Gasteiger partial charge in [0.2, 0.25) is 0 Å². The molecule has 0 heterocycles. The van der Waals surface area contributed by atoms with Crippen LogP contribution >= 0.6 is 28.5 Å². The van der Waals surface area contributed by atoms with E-state index < -0.39 is 5.77 Å². The first-order chi connectivity index (χ1) is 9.77. The number of aryl methyl sites for hydroxylation is 2. The largest absolute Gasteiger partial charge is 0.507 e. The van der Waals surface area contributed by atoms with Gasteiger partial charge in [-0.05, 0) is 72.0 Å². The second-order valence-corrected chi connectivity index (χ2v) is 11.5. The Morgan fingerprint density at radius 2 is 1.24 bits per heavy atom. The zero-order chi connectivity index (χ0) is 15.6. The van der Waals surface area contributed by atoms with Gasteiger partial charge in [-0.1, -0.05) is 12.1 Å². The van der Waals surface area contributed by atoms with Gasteiger partial charge in [0.15, 0.2) is 0 Å². The lowest BCUT2D eigenvalue weighted by atomic mass is 10.2. The van der Waals surface area contributed by atoms with Crippen LogP contribution in [0.4, 0.5) is 0 Å². The molecule has 0 aliphatic rings. The minimum Gasteiger partial charge on any atom is -0.507 e. The van der Waals surface area contributed by atoms with E-state index in [1.54, 1.807) is 24.3 Å². The van der Waals surface area contributed by atoms with Crippen LogP contribution in [-0.2, 0) is 4.57 Å². The third-order valence-corrected chi connectivity index (χ3v) is 8.07. The highest BCUT2D eigenvalue weighted by atomic mass is 33.1.